The highest BCUT2D eigenvalue weighted by Gasteiger charge is 2.31. The predicted molar refractivity (Wildman–Crippen MR) is 132 cm³/mol. The SMILES string of the molecule is C[C@@H]1[C@@H](C)CCC[C@H]1NC(=O)CN1CCN(S(=O)(=O)c2ccc(C3CCCCC3)cc2)CC1. The first kappa shape index (κ1) is 24.7. The maximum absolute atomic E-state index is 13.2. The third kappa shape index (κ3) is 5.98. The number of amides is 1. The van der Waals surface area contributed by atoms with Crippen molar-refractivity contribution < 1.29 is 13.2 Å². The maximum atomic E-state index is 13.2. The highest BCUT2D eigenvalue weighted by atomic mass is 32.2. The van der Waals surface area contributed by atoms with E-state index in [1.165, 1.54) is 50.5 Å². The second kappa shape index (κ2) is 10.9. The van der Waals surface area contributed by atoms with Gasteiger partial charge in [-0.05, 0) is 54.7 Å². The van der Waals surface area contributed by atoms with E-state index in [9.17, 15) is 13.2 Å². The minimum absolute atomic E-state index is 0.0653. The fourth-order valence-corrected chi connectivity index (χ4v) is 7.29. The van der Waals surface area contributed by atoms with E-state index in [0.717, 1.165) is 6.42 Å². The molecule has 1 aliphatic heterocycles. The molecule has 3 atom stereocenters. The molecule has 0 bridgehead atoms. The van der Waals surface area contributed by atoms with Crippen molar-refractivity contribution in [1.82, 2.24) is 14.5 Å². The number of nitrogens with zero attached hydrogens (tertiary/aromatic N) is 2. The Kier molecular flexibility index (Phi) is 8.13. The summed E-state index contributed by atoms with van der Waals surface area (Å²) >= 11 is 0. The summed E-state index contributed by atoms with van der Waals surface area (Å²) in [5.74, 6) is 1.80. The molecule has 6 nitrogen and oxygen atoms in total. The number of nitrogens with one attached hydrogen (secondary N) is 1. The Balaban J connectivity index is 1.27. The van der Waals surface area contributed by atoms with Gasteiger partial charge in [0.1, 0.15) is 0 Å². The lowest BCUT2D eigenvalue weighted by Gasteiger charge is -2.36. The van der Waals surface area contributed by atoms with Crippen molar-refractivity contribution in [2.75, 3.05) is 32.7 Å². The molecule has 2 saturated carbocycles. The van der Waals surface area contributed by atoms with Gasteiger partial charge < -0.3 is 5.32 Å². The third-order valence-electron chi connectivity index (χ3n) is 8.35. The van der Waals surface area contributed by atoms with Gasteiger partial charge in [-0.3, -0.25) is 9.69 Å². The first-order valence-electron chi connectivity index (χ1n) is 13.0. The minimum Gasteiger partial charge on any atom is -0.352 e. The van der Waals surface area contributed by atoms with Gasteiger partial charge in [-0.25, -0.2) is 8.42 Å². The van der Waals surface area contributed by atoms with Crippen molar-refractivity contribution in [3.63, 3.8) is 0 Å². The largest absolute Gasteiger partial charge is 0.352 e. The van der Waals surface area contributed by atoms with Gasteiger partial charge in [0.25, 0.3) is 0 Å². The summed E-state index contributed by atoms with van der Waals surface area (Å²) in [6.45, 7) is 6.88. The molecule has 1 aromatic carbocycles. The molecular formula is C26H41N3O3S. The molecule has 4 rings (SSSR count). The Labute approximate surface area is 200 Å². The topological polar surface area (TPSA) is 69.7 Å². The molecule has 0 radical (unpaired) electrons. The van der Waals surface area contributed by atoms with Crippen LogP contribution in [0.2, 0.25) is 0 Å². The number of piperazine rings is 1. The van der Waals surface area contributed by atoms with Gasteiger partial charge in [0.15, 0.2) is 0 Å². The summed E-state index contributed by atoms with van der Waals surface area (Å²) in [5.41, 5.74) is 1.27. The zero-order valence-electron chi connectivity index (χ0n) is 20.3. The van der Waals surface area contributed by atoms with Gasteiger partial charge in [0.05, 0.1) is 11.4 Å². The Bertz CT molecular complexity index is 888. The van der Waals surface area contributed by atoms with E-state index in [4.69, 9.17) is 0 Å². The number of benzene rings is 1. The van der Waals surface area contributed by atoms with Crippen LogP contribution in [0.25, 0.3) is 0 Å². The van der Waals surface area contributed by atoms with Gasteiger partial charge in [-0.15, -0.1) is 0 Å². The molecule has 1 N–H and O–H groups in total. The second-order valence-electron chi connectivity index (χ2n) is 10.5. The van der Waals surface area contributed by atoms with Crippen molar-refractivity contribution in [2.45, 2.75) is 82.1 Å². The van der Waals surface area contributed by atoms with Crippen molar-refractivity contribution >= 4 is 15.9 Å². The predicted octanol–water partition coefficient (Wildman–Crippen LogP) is 3.98. The van der Waals surface area contributed by atoms with Crippen LogP contribution in [0.15, 0.2) is 29.2 Å². The van der Waals surface area contributed by atoms with Crippen molar-refractivity contribution in [2.24, 2.45) is 11.8 Å². The molecule has 2 aliphatic carbocycles. The minimum atomic E-state index is -3.49. The van der Waals surface area contributed by atoms with Crippen LogP contribution >= 0.6 is 0 Å². The average Bonchev–Trinajstić information content (AvgIpc) is 2.83. The van der Waals surface area contributed by atoms with E-state index in [1.54, 1.807) is 16.4 Å². The first-order valence-corrected chi connectivity index (χ1v) is 14.4. The average molecular weight is 476 g/mol. The zero-order chi connectivity index (χ0) is 23.4. The van der Waals surface area contributed by atoms with E-state index in [1.807, 2.05) is 12.1 Å². The van der Waals surface area contributed by atoms with E-state index in [0.29, 0.717) is 55.4 Å². The summed E-state index contributed by atoms with van der Waals surface area (Å²) in [6.07, 6.45) is 9.75. The molecule has 1 saturated heterocycles. The van der Waals surface area contributed by atoms with Crippen LogP contribution in [0.1, 0.15) is 76.7 Å². The smallest absolute Gasteiger partial charge is 0.243 e. The summed E-state index contributed by atoms with van der Waals surface area (Å²) in [7, 11) is -3.49. The molecule has 1 heterocycles. The number of carbonyl (C=O) groups is 1. The lowest BCUT2D eigenvalue weighted by molar-refractivity contribution is -0.124. The van der Waals surface area contributed by atoms with Gasteiger partial charge in [0.2, 0.25) is 15.9 Å². The van der Waals surface area contributed by atoms with Crippen LogP contribution in [0.5, 0.6) is 0 Å². The van der Waals surface area contributed by atoms with Gasteiger partial charge >= 0.3 is 0 Å². The number of sulfonamides is 1. The molecule has 3 fully saturated rings. The number of rotatable bonds is 6. The van der Waals surface area contributed by atoms with E-state index in [-0.39, 0.29) is 11.9 Å². The highest BCUT2D eigenvalue weighted by Crippen LogP contribution is 2.33. The van der Waals surface area contributed by atoms with Crippen LogP contribution < -0.4 is 5.32 Å². The van der Waals surface area contributed by atoms with E-state index in [2.05, 4.69) is 24.1 Å². The summed E-state index contributed by atoms with van der Waals surface area (Å²) in [5, 5.41) is 3.23. The van der Waals surface area contributed by atoms with Crippen LogP contribution in [-0.2, 0) is 14.8 Å². The zero-order valence-corrected chi connectivity index (χ0v) is 21.2. The summed E-state index contributed by atoms with van der Waals surface area (Å²) < 4.78 is 27.9. The van der Waals surface area contributed by atoms with Crippen LogP contribution in [0.4, 0.5) is 0 Å². The molecule has 1 amide bonds. The van der Waals surface area contributed by atoms with Crippen LogP contribution in [-0.4, -0.2) is 62.3 Å². The molecule has 3 aliphatic rings. The fourth-order valence-electron chi connectivity index (χ4n) is 5.87. The Hall–Kier alpha value is -1.44. The highest BCUT2D eigenvalue weighted by molar-refractivity contribution is 7.89. The fraction of sp³-hybridized carbons (Fsp3) is 0.731. The van der Waals surface area contributed by atoms with Crippen molar-refractivity contribution in [3.8, 4) is 0 Å². The number of hydrogen-bond acceptors (Lipinski definition) is 4. The molecule has 0 aromatic heterocycles. The quantitative estimate of drug-likeness (QED) is 0.676. The molecule has 33 heavy (non-hydrogen) atoms. The lowest BCUT2D eigenvalue weighted by atomic mass is 9.78. The maximum Gasteiger partial charge on any atom is 0.243 e. The Morgan fingerprint density at radius 2 is 1.58 bits per heavy atom. The Morgan fingerprint density at radius 3 is 2.24 bits per heavy atom. The normalized spacial score (nSPS) is 28.5. The second-order valence-corrected chi connectivity index (χ2v) is 12.5. The molecule has 0 spiro atoms. The van der Waals surface area contributed by atoms with E-state index >= 15 is 0 Å². The first-order chi connectivity index (χ1) is 15.8. The third-order valence-corrected chi connectivity index (χ3v) is 10.3. The van der Waals surface area contributed by atoms with Gasteiger partial charge in [-0.1, -0.05) is 58.1 Å². The van der Waals surface area contributed by atoms with Crippen molar-refractivity contribution in [3.05, 3.63) is 29.8 Å². The van der Waals surface area contributed by atoms with Gasteiger partial charge in [0, 0.05) is 32.2 Å². The van der Waals surface area contributed by atoms with Crippen molar-refractivity contribution in [1.29, 1.82) is 0 Å². The molecule has 184 valence electrons. The monoisotopic (exact) mass is 475 g/mol. The lowest BCUT2D eigenvalue weighted by Crippen LogP contribution is -2.52. The van der Waals surface area contributed by atoms with Crippen LogP contribution in [0.3, 0.4) is 0 Å². The molecule has 1 aromatic rings. The number of carbonyl (C=O) groups excluding carboxylic acids is 1. The molecular weight excluding hydrogens is 434 g/mol. The van der Waals surface area contributed by atoms with Crippen LogP contribution in [0, 0.1) is 11.8 Å². The molecule has 7 heteroatoms. The van der Waals surface area contributed by atoms with Gasteiger partial charge in [-0.2, -0.15) is 4.31 Å². The summed E-state index contributed by atoms with van der Waals surface area (Å²) in [6, 6.07) is 7.85. The summed E-state index contributed by atoms with van der Waals surface area (Å²) in [4.78, 5) is 15.1. The number of hydrogen-bond donors (Lipinski definition) is 1. The Morgan fingerprint density at radius 1 is 0.909 bits per heavy atom. The standard InChI is InChI=1S/C26H41N3O3S/c1-20-7-6-10-25(21(20)2)27-26(30)19-28-15-17-29(18-16-28)33(31,32)24-13-11-23(12-14-24)22-8-4-3-5-9-22/h11-14,20-22,25H,3-10,15-19H2,1-2H3,(H,27,30)/t20-,21+,25+/m0/s1. The molecule has 0 unspecified atom stereocenters. The van der Waals surface area contributed by atoms with E-state index < -0.39 is 10.0 Å².